The van der Waals surface area contributed by atoms with E-state index in [9.17, 15) is 8.78 Å². The number of hydrogen-bond acceptors (Lipinski definition) is 4. The van der Waals surface area contributed by atoms with Crippen molar-refractivity contribution < 1.29 is 18.3 Å². The maximum absolute atomic E-state index is 14.3. The zero-order chi connectivity index (χ0) is 17.0. The SMILES string of the molecule is CCc1cc(Cl)ncc1CNc1c(F)c(OC)cc(OC)c1F. The van der Waals surface area contributed by atoms with Crippen molar-refractivity contribution in [3.63, 3.8) is 0 Å². The summed E-state index contributed by atoms with van der Waals surface area (Å²) < 4.78 is 38.4. The van der Waals surface area contributed by atoms with Gasteiger partial charge in [-0.1, -0.05) is 18.5 Å². The van der Waals surface area contributed by atoms with Gasteiger partial charge in [-0.05, 0) is 23.6 Å². The lowest BCUT2D eigenvalue weighted by atomic mass is 10.1. The van der Waals surface area contributed by atoms with Crippen LogP contribution in [0.5, 0.6) is 11.5 Å². The van der Waals surface area contributed by atoms with E-state index in [0.29, 0.717) is 5.15 Å². The number of methoxy groups -OCH3 is 2. The van der Waals surface area contributed by atoms with Crippen molar-refractivity contribution >= 4 is 17.3 Å². The Kier molecular flexibility index (Phi) is 5.60. The van der Waals surface area contributed by atoms with E-state index in [0.717, 1.165) is 23.6 Å². The number of halogens is 3. The molecule has 1 N–H and O–H groups in total. The van der Waals surface area contributed by atoms with Crippen molar-refractivity contribution in [2.24, 2.45) is 0 Å². The molecule has 0 amide bonds. The minimum absolute atomic E-state index is 0.101. The van der Waals surface area contributed by atoms with Gasteiger partial charge in [0, 0.05) is 18.8 Å². The summed E-state index contributed by atoms with van der Waals surface area (Å²) in [6.07, 6.45) is 2.31. The van der Waals surface area contributed by atoms with Crippen LogP contribution < -0.4 is 14.8 Å². The summed E-state index contributed by atoms with van der Waals surface area (Å²) >= 11 is 5.86. The number of ether oxygens (including phenoxy) is 2. The molecule has 0 saturated carbocycles. The third-order valence-electron chi connectivity index (χ3n) is 3.46. The number of benzene rings is 1. The molecule has 2 rings (SSSR count). The highest BCUT2D eigenvalue weighted by Crippen LogP contribution is 2.35. The second kappa shape index (κ2) is 7.46. The van der Waals surface area contributed by atoms with Gasteiger partial charge in [-0.3, -0.25) is 0 Å². The zero-order valence-corrected chi connectivity index (χ0v) is 13.8. The van der Waals surface area contributed by atoms with E-state index in [2.05, 4.69) is 10.3 Å². The summed E-state index contributed by atoms with van der Waals surface area (Å²) in [6.45, 7) is 2.16. The summed E-state index contributed by atoms with van der Waals surface area (Å²) in [6, 6.07) is 2.90. The zero-order valence-electron chi connectivity index (χ0n) is 13.0. The topological polar surface area (TPSA) is 43.4 Å². The van der Waals surface area contributed by atoms with Gasteiger partial charge < -0.3 is 14.8 Å². The molecule has 23 heavy (non-hydrogen) atoms. The minimum atomic E-state index is -0.814. The Morgan fingerprint density at radius 3 is 2.22 bits per heavy atom. The number of pyridine rings is 1. The predicted molar refractivity (Wildman–Crippen MR) is 85.4 cm³/mol. The normalized spacial score (nSPS) is 10.5. The van der Waals surface area contributed by atoms with Crippen molar-refractivity contribution in [1.29, 1.82) is 0 Å². The fourth-order valence-corrected chi connectivity index (χ4v) is 2.39. The highest BCUT2D eigenvalue weighted by Gasteiger charge is 2.20. The van der Waals surface area contributed by atoms with Crippen molar-refractivity contribution in [3.05, 3.63) is 46.2 Å². The summed E-state index contributed by atoms with van der Waals surface area (Å²) in [5.74, 6) is -1.83. The first-order chi connectivity index (χ1) is 11.0. The molecule has 1 aromatic heterocycles. The van der Waals surface area contributed by atoms with Crippen LogP contribution in [0, 0.1) is 11.6 Å². The quantitative estimate of drug-likeness (QED) is 0.799. The fraction of sp³-hybridized carbons (Fsp3) is 0.312. The van der Waals surface area contributed by atoms with Crippen molar-refractivity contribution in [1.82, 2.24) is 4.98 Å². The largest absolute Gasteiger partial charge is 0.493 e. The van der Waals surface area contributed by atoms with Crippen LogP contribution in [0.15, 0.2) is 18.3 Å². The van der Waals surface area contributed by atoms with E-state index in [1.165, 1.54) is 14.2 Å². The Morgan fingerprint density at radius 1 is 1.09 bits per heavy atom. The Hall–Kier alpha value is -2.08. The third kappa shape index (κ3) is 3.64. The monoisotopic (exact) mass is 342 g/mol. The van der Waals surface area contributed by atoms with Crippen molar-refractivity contribution in [2.75, 3.05) is 19.5 Å². The Morgan fingerprint density at radius 2 is 1.70 bits per heavy atom. The van der Waals surface area contributed by atoms with Gasteiger partial charge in [-0.2, -0.15) is 0 Å². The highest BCUT2D eigenvalue weighted by molar-refractivity contribution is 6.29. The molecular weight excluding hydrogens is 326 g/mol. The van der Waals surface area contributed by atoms with Crippen LogP contribution in [-0.4, -0.2) is 19.2 Å². The molecule has 0 fully saturated rings. The summed E-state index contributed by atoms with van der Waals surface area (Å²) in [7, 11) is 2.61. The van der Waals surface area contributed by atoms with Gasteiger partial charge >= 0.3 is 0 Å². The standard InChI is InChI=1S/C16H17ClF2N2O2/c1-4-9-5-13(17)20-7-10(9)8-21-16-14(18)11(22-2)6-12(23-3)15(16)19/h5-7,21H,4,8H2,1-3H3. The molecule has 0 atom stereocenters. The van der Waals surface area contributed by atoms with Gasteiger partial charge in [0.05, 0.1) is 14.2 Å². The third-order valence-corrected chi connectivity index (χ3v) is 3.67. The van der Waals surface area contributed by atoms with Gasteiger partial charge in [-0.25, -0.2) is 13.8 Å². The molecule has 0 radical (unpaired) electrons. The lowest BCUT2D eigenvalue weighted by Gasteiger charge is -2.15. The molecule has 124 valence electrons. The molecule has 0 aliphatic rings. The van der Waals surface area contributed by atoms with E-state index in [1.54, 1.807) is 12.3 Å². The van der Waals surface area contributed by atoms with Gasteiger partial charge in [0.15, 0.2) is 23.1 Å². The molecule has 0 aliphatic carbocycles. The average molecular weight is 343 g/mol. The molecule has 0 saturated heterocycles. The van der Waals surface area contributed by atoms with E-state index in [4.69, 9.17) is 21.1 Å². The van der Waals surface area contributed by atoms with Crippen LogP contribution >= 0.6 is 11.6 Å². The smallest absolute Gasteiger partial charge is 0.191 e. The second-order valence-electron chi connectivity index (χ2n) is 4.77. The number of aromatic nitrogens is 1. The van der Waals surface area contributed by atoms with Crippen LogP contribution in [0.3, 0.4) is 0 Å². The molecule has 0 spiro atoms. The predicted octanol–water partition coefficient (Wildman–Crippen LogP) is 4.20. The molecule has 1 aromatic carbocycles. The van der Waals surface area contributed by atoms with Crippen molar-refractivity contribution in [2.45, 2.75) is 19.9 Å². The molecule has 7 heteroatoms. The van der Waals surface area contributed by atoms with Gasteiger partial charge in [-0.15, -0.1) is 0 Å². The highest BCUT2D eigenvalue weighted by atomic mass is 35.5. The van der Waals surface area contributed by atoms with E-state index >= 15 is 0 Å². The van der Waals surface area contributed by atoms with Crippen LogP contribution in [0.4, 0.5) is 14.5 Å². The summed E-state index contributed by atoms with van der Waals surface area (Å²) in [4.78, 5) is 4.00. The van der Waals surface area contributed by atoms with E-state index in [-0.39, 0.29) is 23.7 Å². The van der Waals surface area contributed by atoms with Crippen LogP contribution in [0.1, 0.15) is 18.1 Å². The maximum atomic E-state index is 14.3. The molecule has 4 nitrogen and oxygen atoms in total. The first kappa shape index (κ1) is 17.3. The van der Waals surface area contributed by atoms with Gasteiger partial charge in [0.2, 0.25) is 0 Å². The lowest BCUT2D eigenvalue weighted by molar-refractivity contribution is 0.360. The number of nitrogens with zero attached hydrogens (tertiary/aromatic N) is 1. The summed E-state index contributed by atoms with van der Waals surface area (Å²) in [5.41, 5.74) is 1.45. The molecule has 0 aliphatic heterocycles. The second-order valence-corrected chi connectivity index (χ2v) is 5.15. The fourth-order valence-electron chi connectivity index (χ4n) is 2.21. The molecule has 0 unspecified atom stereocenters. The molecule has 2 aromatic rings. The molecule has 1 heterocycles. The average Bonchev–Trinajstić information content (AvgIpc) is 2.56. The van der Waals surface area contributed by atoms with Gasteiger partial charge in [0.1, 0.15) is 10.8 Å². The Balaban J connectivity index is 2.34. The van der Waals surface area contributed by atoms with Crippen molar-refractivity contribution in [3.8, 4) is 11.5 Å². The number of aryl methyl sites for hydroxylation is 1. The summed E-state index contributed by atoms with van der Waals surface area (Å²) in [5, 5.41) is 3.13. The first-order valence-corrected chi connectivity index (χ1v) is 7.36. The van der Waals surface area contributed by atoms with Crippen LogP contribution in [0.25, 0.3) is 0 Å². The molecule has 0 bridgehead atoms. The maximum Gasteiger partial charge on any atom is 0.191 e. The Bertz CT molecular complexity index is 683. The molecular formula is C16H17ClF2N2O2. The first-order valence-electron chi connectivity index (χ1n) is 6.98. The minimum Gasteiger partial charge on any atom is -0.493 e. The number of anilines is 1. The number of hydrogen-bond donors (Lipinski definition) is 1. The van der Waals surface area contributed by atoms with Crippen LogP contribution in [-0.2, 0) is 13.0 Å². The lowest BCUT2D eigenvalue weighted by Crippen LogP contribution is -2.08. The van der Waals surface area contributed by atoms with Gasteiger partial charge in [0.25, 0.3) is 0 Å². The van der Waals surface area contributed by atoms with Crippen LogP contribution in [0.2, 0.25) is 5.15 Å². The Labute approximate surface area is 138 Å². The van der Waals surface area contributed by atoms with E-state index in [1.807, 2.05) is 6.92 Å². The number of rotatable bonds is 6. The van der Waals surface area contributed by atoms with E-state index < -0.39 is 11.6 Å². The number of nitrogens with one attached hydrogen (secondary N) is 1.